The van der Waals surface area contributed by atoms with Gasteiger partial charge >= 0.3 is 0 Å². The van der Waals surface area contributed by atoms with E-state index in [0.29, 0.717) is 31.3 Å². The van der Waals surface area contributed by atoms with E-state index in [0.717, 1.165) is 36.4 Å². The molecule has 0 saturated carbocycles. The van der Waals surface area contributed by atoms with E-state index in [1.165, 1.54) is 55.7 Å². The highest BCUT2D eigenvalue weighted by Gasteiger charge is 2.29. The van der Waals surface area contributed by atoms with Gasteiger partial charge in [0.2, 0.25) is 5.91 Å². The van der Waals surface area contributed by atoms with Gasteiger partial charge in [0.1, 0.15) is 25.6 Å². The number of hydrogen-bond acceptors (Lipinski definition) is 6. The summed E-state index contributed by atoms with van der Waals surface area (Å²) in [6, 6.07) is 9.47. The van der Waals surface area contributed by atoms with Crippen molar-refractivity contribution in [1.29, 1.82) is 0 Å². The molecule has 0 spiro atoms. The van der Waals surface area contributed by atoms with Crippen LogP contribution >= 0.6 is 0 Å². The number of likely N-dealkylation sites (tertiary alicyclic amines) is 1. The van der Waals surface area contributed by atoms with Gasteiger partial charge in [-0.15, -0.1) is 0 Å². The van der Waals surface area contributed by atoms with E-state index in [-0.39, 0.29) is 10.6 Å². The van der Waals surface area contributed by atoms with Crippen LogP contribution in [-0.4, -0.2) is 65.2 Å². The lowest BCUT2D eigenvalue weighted by atomic mass is 10.1. The summed E-state index contributed by atoms with van der Waals surface area (Å²) >= 11 is 0. The summed E-state index contributed by atoms with van der Waals surface area (Å²) in [6.07, 6.45) is 4.45. The lowest BCUT2D eigenvalue weighted by Gasteiger charge is -2.27. The number of benzene rings is 2. The van der Waals surface area contributed by atoms with Gasteiger partial charge in [-0.25, -0.2) is 12.8 Å². The van der Waals surface area contributed by atoms with Crippen molar-refractivity contribution in [3.05, 3.63) is 48.3 Å². The number of carbonyl (C=O) groups excluding carboxylic acids is 1. The van der Waals surface area contributed by atoms with E-state index in [9.17, 15) is 17.6 Å². The van der Waals surface area contributed by atoms with Gasteiger partial charge in [-0.3, -0.25) is 9.10 Å². The summed E-state index contributed by atoms with van der Waals surface area (Å²) in [5.41, 5.74) is 0.0679. The Morgan fingerprint density at radius 2 is 1.79 bits per heavy atom. The highest BCUT2D eigenvalue weighted by molar-refractivity contribution is 7.92. The fourth-order valence-electron chi connectivity index (χ4n) is 4.16. The minimum absolute atomic E-state index is 0.0679. The van der Waals surface area contributed by atoms with Crippen LogP contribution in [0.5, 0.6) is 11.5 Å². The first-order valence-corrected chi connectivity index (χ1v) is 13.0. The SMILES string of the molecule is O=C(CN(c1cccc(F)c1)S(=O)(=O)c1ccc2c(c1)OCCO2)NCCCN1CCCCC1. The molecule has 4 rings (SSSR count). The van der Waals surface area contributed by atoms with Gasteiger partial charge < -0.3 is 19.7 Å². The molecule has 2 aliphatic heterocycles. The number of anilines is 1. The highest BCUT2D eigenvalue weighted by atomic mass is 32.2. The van der Waals surface area contributed by atoms with Crippen LogP contribution in [0, 0.1) is 5.82 Å². The predicted octanol–water partition coefficient (Wildman–Crippen LogP) is 2.78. The minimum atomic E-state index is -4.19. The number of sulfonamides is 1. The number of hydrogen-bond donors (Lipinski definition) is 1. The van der Waals surface area contributed by atoms with Crippen LogP contribution in [0.15, 0.2) is 47.4 Å². The third kappa shape index (κ3) is 5.98. The molecule has 0 aliphatic carbocycles. The zero-order chi connectivity index (χ0) is 24.0. The topological polar surface area (TPSA) is 88.2 Å². The Bertz CT molecular complexity index is 1110. The number of nitrogens with one attached hydrogen (secondary N) is 1. The van der Waals surface area contributed by atoms with Gasteiger partial charge in [0.05, 0.1) is 10.6 Å². The van der Waals surface area contributed by atoms with Crippen LogP contribution in [0.2, 0.25) is 0 Å². The summed E-state index contributed by atoms with van der Waals surface area (Å²) in [5, 5.41) is 2.80. The molecule has 1 N–H and O–H groups in total. The van der Waals surface area contributed by atoms with Gasteiger partial charge in [-0.2, -0.15) is 0 Å². The van der Waals surface area contributed by atoms with E-state index >= 15 is 0 Å². The molecule has 2 aromatic rings. The molecule has 0 radical (unpaired) electrons. The highest BCUT2D eigenvalue weighted by Crippen LogP contribution is 2.34. The Morgan fingerprint density at radius 3 is 2.56 bits per heavy atom. The number of amides is 1. The molecule has 1 saturated heterocycles. The van der Waals surface area contributed by atoms with Crippen LogP contribution < -0.4 is 19.1 Å². The van der Waals surface area contributed by atoms with Crippen LogP contribution in [0.1, 0.15) is 25.7 Å². The Balaban J connectivity index is 1.47. The Morgan fingerprint density at radius 1 is 1.03 bits per heavy atom. The first-order valence-electron chi connectivity index (χ1n) is 11.6. The van der Waals surface area contributed by atoms with Crippen molar-refractivity contribution in [2.24, 2.45) is 0 Å². The van der Waals surface area contributed by atoms with Crippen LogP contribution in [0.25, 0.3) is 0 Å². The number of piperidine rings is 1. The molecule has 0 aromatic heterocycles. The van der Waals surface area contributed by atoms with Gasteiger partial charge in [-0.1, -0.05) is 12.5 Å². The quantitative estimate of drug-likeness (QED) is 0.543. The summed E-state index contributed by atoms with van der Waals surface area (Å²) in [7, 11) is -4.19. The smallest absolute Gasteiger partial charge is 0.264 e. The normalized spacial score (nSPS) is 16.1. The Hall–Kier alpha value is -2.85. The summed E-state index contributed by atoms with van der Waals surface area (Å²) in [6.45, 7) is 3.71. The molecule has 2 heterocycles. The third-order valence-corrected chi connectivity index (χ3v) is 7.68. The zero-order valence-electron chi connectivity index (χ0n) is 19.0. The average molecular weight is 492 g/mol. The Labute approximate surface area is 199 Å². The van der Waals surface area contributed by atoms with Gasteiger partial charge in [0.25, 0.3) is 10.0 Å². The fourth-order valence-corrected chi connectivity index (χ4v) is 5.59. The van der Waals surface area contributed by atoms with Crippen molar-refractivity contribution in [3.8, 4) is 11.5 Å². The van der Waals surface area contributed by atoms with E-state index in [4.69, 9.17) is 9.47 Å². The second kappa shape index (κ2) is 11.1. The van der Waals surface area contributed by atoms with Gasteiger partial charge in [0.15, 0.2) is 11.5 Å². The first-order chi connectivity index (χ1) is 16.4. The molecule has 0 unspecified atom stereocenters. The van der Waals surface area contributed by atoms with E-state index in [2.05, 4.69) is 10.2 Å². The maximum absolute atomic E-state index is 13.9. The zero-order valence-corrected chi connectivity index (χ0v) is 19.9. The molecule has 0 bridgehead atoms. The van der Waals surface area contributed by atoms with E-state index in [1.807, 2.05) is 0 Å². The summed E-state index contributed by atoms with van der Waals surface area (Å²) in [4.78, 5) is 15.0. The molecule has 1 amide bonds. The number of ether oxygens (including phenoxy) is 2. The van der Waals surface area contributed by atoms with E-state index in [1.54, 1.807) is 0 Å². The number of nitrogens with zero attached hydrogens (tertiary/aromatic N) is 2. The van der Waals surface area contributed by atoms with Crippen molar-refractivity contribution < 1.29 is 27.1 Å². The molecule has 1 fully saturated rings. The standard InChI is InChI=1S/C24H30FN3O5S/c25-19-6-4-7-20(16-19)28(18-24(29)26-10-5-13-27-11-2-1-3-12-27)34(30,31)21-8-9-22-23(17-21)33-15-14-32-22/h4,6-9,16-17H,1-3,5,10-15,18H2,(H,26,29). The molecule has 2 aromatic carbocycles. The largest absolute Gasteiger partial charge is 0.486 e. The molecule has 34 heavy (non-hydrogen) atoms. The summed E-state index contributed by atoms with van der Waals surface area (Å²) in [5.74, 6) is -0.284. The molecule has 2 aliphatic rings. The van der Waals surface area contributed by atoms with Crippen molar-refractivity contribution in [1.82, 2.24) is 10.2 Å². The van der Waals surface area contributed by atoms with Crippen LogP contribution in [-0.2, 0) is 14.8 Å². The maximum atomic E-state index is 13.9. The molecular weight excluding hydrogens is 461 g/mol. The lowest BCUT2D eigenvalue weighted by molar-refractivity contribution is -0.119. The van der Waals surface area contributed by atoms with Crippen molar-refractivity contribution in [2.45, 2.75) is 30.6 Å². The summed E-state index contributed by atoms with van der Waals surface area (Å²) < 4.78 is 52.9. The minimum Gasteiger partial charge on any atom is -0.486 e. The second-order valence-corrected chi connectivity index (χ2v) is 10.3. The monoisotopic (exact) mass is 491 g/mol. The first kappa shape index (κ1) is 24.3. The second-order valence-electron chi connectivity index (χ2n) is 8.40. The van der Waals surface area contributed by atoms with Crippen molar-refractivity contribution in [2.75, 3.05) is 50.2 Å². The number of halogens is 1. The number of carbonyl (C=O) groups is 1. The average Bonchev–Trinajstić information content (AvgIpc) is 2.85. The van der Waals surface area contributed by atoms with Gasteiger partial charge in [-0.05, 0) is 69.2 Å². The number of rotatable bonds is 9. The maximum Gasteiger partial charge on any atom is 0.264 e. The molecule has 10 heteroatoms. The van der Waals surface area contributed by atoms with Gasteiger partial charge in [0, 0.05) is 12.6 Å². The van der Waals surface area contributed by atoms with Crippen LogP contribution in [0.4, 0.5) is 10.1 Å². The lowest BCUT2D eigenvalue weighted by Crippen LogP contribution is -2.41. The molecule has 0 atom stereocenters. The van der Waals surface area contributed by atoms with Crippen molar-refractivity contribution in [3.63, 3.8) is 0 Å². The van der Waals surface area contributed by atoms with Crippen molar-refractivity contribution >= 4 is 21.6 Å². The Kier molecular flexibility index (Phi) is 7.89. The fraction of sp³-hybridized carbons (Fsp3) is 0.458. The third-order valence-electron chi connectivity index (χ3n) is 5.91. The molecule has 184 valence electrons. The molecular formula is C24H30FN3O5S. The van der Waals surface area contributed by atoms with Crippen LogP contribution in [0.3, 0.4) is 0 Å². The predicted molar refractivity (Wildman–Crippen MR) is 126 cm³/mol. The van der Waals surface area contributed by atoms with E-state index < -0.39 is 28.3 Å². The number of fused-ring (bicyclic) bond motifs is 1. The molecule has 8 nitrogen and oxygen atoms in total.